The zero-order valence-electron chi connectivity index (χ0n) is 18.2. The number of carbonyl (C=O) groups is 1. The largest absolute Gasteiger partial charge is 0.326 e. The molecule has 31 heavy (non-hydrogen) atoms. The van der Waals surface area contributed by atoms with E-state index in [0.29, 0.717) is 18.5 Å². The van der Waals surface area contributed by atoms with Gasteiger partial charge in [-0.3, -0.25) is 9.20 Å². The van der Waals surface area contributed by atoms with Crippen LogP contribution in [0.3, 0.4) is 0 Å². The van der Waals surface area contributed by atoms with Gasteiger partial charge in [0.05, 0.1) is 10.4 Å². The molecule has 0 fully saturated rings. The summed E-state index contributed by atoms with van der Waals surface area (Å²) in [6.45, 7) is 8.06. The SMILES string of the molecule is CCN(CC)CCCCC(=O)c1cnc2c(c1)sc1nc(-c3ccc(CN)cc3)cn12. The second-order valence-electron chi connectivity index (χ2n) is 7.73. The number of imidazole rings is 1. The van der Waals surface area contributed by atoms with Crippen molar-refractivity contribution in [2.75, 3.05) is 19.6 Å². The van der Waals surface area contributed by atoms with E-state index in [9.17, 15) is 4.79 Å². The molecule has 0 aliphatic heterocycles. The van der Waals surface area contributed by atoms with E-state index in [4.69, 9.17) is 10.7 Å². The Hall–Kier alpha value is -2.61. The minimum atomic E-state index is 0.167. The van der Waals surface area contributed by atoms with Gasteiger partial charge in [-0.2, -0.15) is 0 Å². The van der Waals surface area contributed by atoms with Crippen LogP contribution < -0.4 is 5.73 Å². The van der Waals surface area contributed by atoms with E-state index in [0.717, 1.165) is 64.6 Å². The fourth-order valence-electron chi connectivity index (χ4n) is 3.79. The fraction of sp³-hybridized carbons (Fsp3) is 0.375. The van der Waals surface area contributed by atoms with Crippen molar-refractivity contribution in [3.63, 3.8) is 0 Å². The van der Waals surface area contributed by atoms with Crippen LogP contribution in [0.2, 0.25) is 0 Å². The first-order valence-corrected chi connectivity index (χ1v) is 11.8. The molecule has 0 spiro atoms. The molecule has 4 aromatic rings. The van der Waals surface area contributed by atoms with Gasteiger partial charge in [0.2, 0.25) is 0 Å². The van der Waals surface area contributed by atoms with Crippen LogP contribution in [0.4, 0.5) is 0 Å². The van der Waals surface area contributed by atoms with E-state index in [1.807, 2.05) is 40.9 Å². The van der Waals surface area contributed by atoms with E-state index in [1.165, 1.54) is 0 Å². The highest BCUT2D eigenvalue weighted by Gasteiger charge is 2.14. The van der Waals surface area contributed by atoms with Gasteiger partial charge >= 0.3 is 0 Å². The molecule has 0 aliphatic rings. The van der Waals surface area contributed by atoms with E-state index in [1.54, 1.807) is 17.5 Å². The highest BCUT2D eigenvalue weighted by molar-refractivity contribution is 7.23. The Labute approximate surface area is 186 Å². The number of benzene rings is 1. The zero-order valence-corrected chi connectivity index (χ0v) is 19.0. The number of unbranched alkanes of at least 4 members (excludes halogenated alkanes) is 1. The monoisotopic (exact) mass is 435 g/mol. The average Bonchev–Trinajstić information content (AvgIpc) is 3.36. The molecule has 0 radical (unpaired) electrons. The number of thiazole rings is 1. The van der Waals surface area contributed by atoms with Gasteiger partial charge in [0.15, 0.2) is 16.4 Å². The standard InChI is InChI=1S/C24H29N5OS/c1-3-28(4-2)12-6-5-7-21(30)19-13-22-23(26-15-19)29-16-20(27-24(29)31-22)18-10-8-17(14-25)9-11-18/h8-11,13,15-16H,3-7,12,14,25H2,1-2H3. The Bertz CT molecular complexity index is 1170. The van der Waals surface area contributed by atoms with E-state index < -0.39 is 0 Å². The molecule has 7 heteroatoms. The molecule has 0 atom stereocenters. The van der Waals surface area contributed by atoms with Crippen molar-refractivity contribution in [2.24, 2.45) is 5.73 Å². The van der Waals surface area contributed by atoms with E-state index in [2.05, 4.69) is 23.7 Å². The van der Waals surface area contributed by atoms with Crippen molar-refractivity contribution in [3.05, 3.63) is 53.9 Å². The van der Waals surface area contributed by atoms with Crippen LogP contribution in [0.1, 0.15) is 49.0 Å². The predicted molar refractivity (Wildman–Crippen MR) is 128 cm³/mol. The van der Waals surface area contributed by atoms with Crippen molar-refractivity contribution < 1.29 is 4.79 Å². The quantitative estimate of drug-likeness (QED) is 0.287. The van der Waals surface area contributed by atoms with Gasteiger partial charge in [0, 0.05) is 36.5 Å². The third-order valence-corrected chi connectivity index (χ3v) is 6.76. The second-order valence-corrected chi connectivity index (χ2v) is 8.74. The average molecular weight is 436 g/mol. The molecule has 0 saturated carbocycles. The third-order valence-electron chi connectivity index (χ3n) is 5.77. The molecule has 0 aliphatic carbocycles. The summed E-state index contributed by atoms with van der Waals surface area (Å²) in [7, 11) is 0. The zero-order chi connectivity index (χ0) is 21.8. The summed E-state index contributed by atoms with van der Waals surface area (Å²) in [5.41, 5.74) is 10.3. The summed E-state index contributed by atoms with van der Waals surface area (Å²) in [6.07, 6.45) is 6.24. The molecular formula is C24H29N5OS. The van der Waals surface area contributed by atoms with Crippen molar-refractivity contribution >= 4 is 32.4 Å². The summed E-state index contributed by atoms with van der Waals surface area (Å²) in [5.74, 6) is 0.167. The number of ketones is 1. The van der Waals surface area contributed by atoms with Crippen LogP contribution >= 0.6 is 11.3 Å². The molecule has 3 heterocycles. The summed E-state index contributed by atoms with van der Waals surface area (Å²) in [4.78, 5) is 25.3. The second kappa shape index (κ2) is 9.68. The van der Waals surface area contributed by atoms with Crippen LogP contribution in [0.25, 0.3) is 26.6 Å². The lowest BCUT2D eigenvalue weighted by Gasteiger charge is -2.17. The molecule has 0 amide bonds. The molecule has 2 N–H and O–H groups in total. The number of hydrogen-bond acceptors (Lipinski definition) is 6. The van der Waals surface area contributed by atoms with Gasteiger partial charge < -0.3 is 10.6 Å². The minimum Gasteiger partial charge on any atom is -0.326 e. The molecule has 4 rings (SSSR count). The number of fused-ring (bicyclic) bond motifs is 3. The lowest BCUT2D eigenvalue weighted by molar-refractivity contribution is 0.0978. The number of hydrogen-bond donors (Lipinski definition) is 1. The van der Waals surface area contributed by atoms with Crippen LogP contribution in [0.5, 0.6) is 0 Å². The number of nitrogens with zero attached hydrogens (tertiary/aromatic N) is 4. The third kappa shape index (κ3) is 4.69. The summed E-state index contributed by atoms with van der Waals surface area (Å²) in [5, 5.41) is 0. The smallest absolute Gasteiger partial charge is 0.196 e. The Balaban J connectivity index is 1.47. The van der Waals surface area contributed by atoms with Crippen molar-refractivity contribution in [1.82, 2.24) is 19.3 Å². The predicted octanol–water partition coefficient (Wildman–Crippen LogP) is 4.76. The van der Waals surface area contributed by atoms with Gasteiger partial charge in [-0.25, -0.2) is 9.97 Å². The Morgan fingerprint density at radius 1 is 1.16 bits per heavy atom. The summed E-state index contributed by atoms with van der Waals surface area (Å²) >= 11 is 1.57. The molecular weight excluding hydrogens is 406 g/mol. The minimum absolute atomic E-state index is 0.167. The lowest BCUT2D eigenvalue weighted by atomic mass is 10.1. The van der Waals surface area contributed by atoms with Gasteiger partial charge in [0.25, 0.3) is 0 Å². The molecule has 162 valence electrons. The molecule has 6 nitrogen and oxygen atoms in total. The maximum atomic E-state index is 12.6. The number of Topliss-reactive ketones (excluding diaryl/α,β-unsaturated/α-hetero) is 1. The number of nitrogens with two attached hydrogens (primary N) is 1. The summed E-state index contributed by atoms with van der Waals surface area (Å²) < 4.78 is 2.99. The van der Waals surface area contributed by atoms with E-state index in [-0.39, 0.29) is 5.78 Å². The summed E-state index contributed by atoms with van der Waals surface area (Å²) in [6, 6.07) is 10.1. The molecule has 0 unspecified atom stereocenters. The van der Waals surface area contributed by atoms with E-state index >= 15 is 0 Å². The highest BCUT2D eigenvalue weighted by Crippen LogP contribution is 2.29. The van der Waals surface area contributed by atoms with Crippen LogP contribution in [-0.4, -0.2) is 44.7 Å². The fourth-order valence-corrected chi connectivity index (χ4v) is 4.79. The van der Waals surface area contributed by atoms with Gasteiger partial charge in [-0.05, 0) is 44.1 Å². The van der Waals surface area contributed by atoms with Crippen LogP contribution in [0.15, 0.2) is 42.7 Å². The van der Waals surface area contributed by atoms with Crippen molar-refractivity contribution in [2.45, 2.75) is 39.7 Å². The first-order chi connectivity index (χ1) is 15.1. The molecule has 0 saturated heterocycles. The maximum Gasteiger partial charge on any atom is 0.196 e. The first-order valence-electron chi connectivity index (χ1n) is 11.0. The molecule has 1 aromatic carbocycles. The number of pyridine rings is 1. The van der Waals surface area contributed by atoms with Crippen LogP contribution in [-0.2, 0) is 6.54 Å². The van der Waals surface area contributed by atoms with Gasteiger partial charge in [-0.1, -0.05) is 49.4 Å². The molecule has 3 aromatic heterocycles. The first kappa shape index (κ1) is 21.6. The Morgan fingerprint density at radius 2 is 1.94 bits per heavy atom. The lowest BCUT2D eigenvalue weighted by Crippen LogP contribution is -2.24. The highest BCUT2D eigenvalue weighted by atomic mass is 32.1. The maximum absolute atomic E-state index is 12.6. The van der Waals surface area contributed by atoms with Crippen LogP contribution in [0, 0.1) is 0 Å². The topological polar surface area (TPSA) is 76.5 Å². The Morgan fingerprint density at radius 3 is 2.65 bits per heavy atom. The van der Waals surface area contributed by atoms with Gasteiger partial charge in [0.1, 0.15) is 0 Å². The van der Waals surface area contributed by atoms with Crippen molar-refractivity contribution in [3.8, 4) is 11.3 Å². The number of rotatable bonds is 10. The Kier molecular flexibility index (Phi) is 6.75. The number of carbonyl (C=O) groups excluding carboxylic acids is 1. The van der Waals surface area contributed by atoms with Crippen molar-refractivity contribution in [1.29, 1.82) is 0 Å². The van der Waals surface area contributed by atoms with Gasteiger partial charge in [-0.15, -0.1) is 0 Å². The molecule has 0 bridgehead atoms. The number of aromatic nitrogens is 3. The normalized spacial score (nSPS) is 11.7.